The molecule has 1 aliphatic heterocycles. The number of carbonyl (C=O) groups is 3. The van der Waals surface area contributed by atoms with Crippen LogP contribution in [-0.2, 0) is 27.1 Å². The fourth-order valence-corrected chi connectivity index (χ4v) is 4.33. The number of nitrogens with zero attached hydrogens (tertiary/aromatic N) is 1. The summed E-state index contributed by atoms with van der Waals surface area (Å²) in [5.41, 5.74) is 1.94. The highest BCUT2D eigenvalue weighted by Gasteiger charge is 2.35. The molecule has 10 heteroatoms. The number of carbonyl (C=O) groups excluding carboxylic acids is 3. The average molecular weight is 554 g/mol. The Labute approximate surface area is 230 Å². The summed E-state index contributed by atoms with van der Waals surface area (Å²) in [4.78, 5) is 39.0. The molecule has 3 aromatic carbocycles. The molecule has 0 bridgehead atoms. The van der Waals surface area contributed by atoms with Gasteiger partial charge in [0.25, 0.3) is 5.91 Å². The van der Waals surface area contributed by atoms with E-state index in [2.05, 4.69) is 24.5 Å². The topological polar surface area (TPSA) is 87.7 Å². The quantitative estimate of drug-likeness (QED) is 0.366. The predicted molar refractivity (Wildman–Crippen MR) is 145 cm³/mol. The smallest absolute Gasteiger partial charge is 0.416 e. The Hall–Kier alpha value is -4.34. The van der Waals surface area contributed by atoms with Crippen LogP contribution in [0.3, 0.4) is 0 Å². The zero-order chi connectivity index (χ0) is 28.9. The van der Waals surface area contributed by atoms with E-state index in [0.29, 0.717) is 23.9 Å². The fraction of sp³-hybridized carbons (Fsp3) is 0.300. The molecule has 1 atom stereocenters. The third kappa shape index (κ3) is 7.40. The number of nitrogens with one attached hydrogen (secondary N) is 2. The van der Waals surface area contributed by atoms with Crippen LogP contribution in [0.5, 0.6) is 5.75 Å². The molecule has 3 aromatic rings. The largest absolute Gasteiger partial charge is 0.484 e. The van der Waals surface area contributed by atoms with Crippen LogP contribution in [0.25, 0.3) is 0 Å². The molecule has 0 aromatic heterocycles. The summed E-state index contributed by atoms with van der Waals surface area (Å²) >= 11 is 0. The Morgan fingerprint density at radius 2 is 1.73 bits per heavy atom. The minimum Gasteiger partial charge on any atom is -0.484 e. The first-order valence-electron chi connectivity index (χ1n) is 12.9. The molecule has 4 rings (SSSR count). The van der Waals surface area contributed by atoms with Crippen molar-refractivity contribution in [2.75, 3.05) is 23.4 Å². The minimum absolute atomic E-state index is 0.00828. The van der Waals surface area contributed by atoms with Gasteiger partial charge in [-0.2, -0.15) is 13.2 Å². The van der Waals surface area contributed by atoms with E-state index in [9.17, 15) is 27.6 Å². The van der Waals surface area contributed by atoms with Gasteiger partial charge in [-0.15, -0.1) is 0 Å². The SMILES string of the molecule is CC(C)c1ccc(CNC(=O)[C@@H]2CC(=O)N(c3ccc(OCC(=O)Nc4cccc(C(F)(F)F)c4)cc3)C2)cc1. The van der Waals surface area contributed by atoms with Gasteiger partial charge in [-0.25, -0.2) is 0 Å². The lowest BCUT2D eigenvalue weighted by atomic mass is 10.0. The molecule has 0 spiro atoms. The summed E-state index contributed by atoms with van der Waals surface area (Å²) in [5, 5.41) is 5.29. The molecular formula is C30H30F3N3O4. The molecule has 1 aliphatic rings. The molecule has 7 nitrogen and oxygen atoms in total. The first kappa shape index (κ1) is 28.7. The summed E-state index contributed by atoms with van der Waals surface area (Å²) in [7, 11) is 0. The van der Waals surface area contributed by atoms with E-state index in [1.165, 1.54) is 22.6 Å². The van der Waals surface area contributed by atoms with E-state index in [0.717, 1.165) is 17.7 Å². The second kappa shape index (κ2) is 12.2. The molecule has 3 amide bonds. The molecule has 0 radical (unpaired) electrons. The van der Waals surface area contributed by atoms with E-state index >= 15 is 0 Å². The van der Waals surface area contributed by atoms with Crippen molar-refractivity contribution in [1.29, 1.82) is 0 Å². The van der Waals surface area contributed by atoms with Gasteiger partial charge in [0.2, 0.25) is 11.8 Å². The van der Waals surface area contributed by atoms with Crippen molar-refractivity contribution in [2.45, 2.75) is 38.9 Å². The summed E-state index contributed by atoms with van der Waals surface area (Å²) < 4.78 is 44.0. The van der Waals surface area contributed by atoms with Crippen LogP contribution in [0.1, 0.15) is 42.9 Å². The predicted octanol–water partition coefficient (Wildman–Crippen LogP) is 5.52. The fourth-order valence-electron chi connectivity index (χ4n) is 4.33. The second-order valence-electron chi connectivity index (χ2n) is 9.93. The number of alkyl halides is 3. The standard InChI is InChI=1S/C30H30F3N3O4/c1-19(2)21-8-6-20(7-9-21)16-34-29(39)22-14-28(38)36(17-22)25-10-12-26(13-11-25)40-18-27(37)35-24-5-3-4-23(15-24)30(31,32)33/h3-13,15,19,22H,14,16-18H2,1-2H3,(H,34,39)(H,35,37)/t22-/m1/s1. The van der Waals surface area contributed by atoms with Gasteiger partial charge < -0.3 is 20.3 Å². The van der Waals surface area contributed by atoms with Crippen molar-refractivity contribution in [3.05, 3.63) is 89.5 Å². The maximum Gasteiger partial charge on any atom is 0.416 e. The van der Waals surface area contributed by atoms with Crippen molar-refractivity contribution >= 4 is 29.1 Å². The minimum atomic E-state index is -4.51. The monoisotopic (exact) mass is 553 g/mol. The van der Waals surface area contributed by atoms with Crippen molar-refractivity contribution in [1.82, 2.24) is 5.32 Å². The maximum absolute atomic E-state index is 12.9. The number of ether oxygens (including phenoxy) is 1. The maximum atomic E-state index is 12.9. The number of benzene rings is 3. The normalized spacial score (nSPS) is 15.3. The highest BCUT2D eigenvalue weighted by molar-refractivity contribution is 6.00. The zero-order valence-corrected chi connectivity index (χ0v) is 22.1. The van der Waals surface area contributed by atoms with Crippen molar-refractivity contribution in [3.8, 4) is 5.75 Å². The number of hydrogen-bond donors (Lipinski definition) is 2. The van der Waals surface area contributed by atoms with E-state index in [-0.39, 0.29) is 30.5 Å². The first-order valence-corrected chi connectivity index (χ1v) is 12.9. The first-order chi connectivity index (χ1) is 19.0. The van der Waals surface area contributed by atoms with Gasteiger partial charge in [0.05, 0.1) is 11.5 Å². The number of anilines is 2. The molecule has 40 heavy (non-hydrogen) atoms. The molecule has 0 unspecified atom stereocenters. The second-order valence-corrected chi connectivity index (χ2v) is 9.93. The van der Waals surface area contributed by atoms with E-state index in [4.69, 9.17) is 4.74 Å². The number of rotatable bonds is 9. The Balaban J connectivity index is 1.26. The van der Waals surface area contributed by atoms with Crippen LogP contribution in [0.15, 0.2) is 72.8 Å². The van der Waals surface area contributed by atoms with E-state index in [1.54, 1.807) is 24.3 Å². The number of amides is 3. The number of halogens is 3. The van der Waals surface area contributed by atoms with Crippen molar-refractivity contribution < 1.29 is 32.3 Å². The van der Waals surface area contributed by atoms with Gasteiger partial charge in [0.1, 0.15) is 5.75 Å². The summed E-state index contributed by atoms with van der Waals surface area (Å²) in [6.45, 7) is 4.45. The van der Waals surface area contributed by atoms with Crippen LogP contribution in [0, 0.1) is 5.92 Å². The molecule has 1 saturated heterocycles. The zero-order valence-electron chi connectivity index (χ0n) is 22.1. The summed E-state index contributed by atoms with van der Waals surface area (Å²) in [6, 6.07) is 18.8. The lowest BCUT2D eigenvalue weighted by Crippen LogP contribution is -2.32. The third-order valence-electron chi connectivity index (χ3n) is 6.60. The third-order valence-corrected chi connectivity index (χ3v) is 6.60. The van der Waals surface area contributed by atoms with Gasteiger partial charge in [-0.3, -0.25) is 14.4 Å². The lowest BCUT2D eigenvalue weighted by molar-refractivity contribution is -0.137. The Morgan fingerprint density at radius 1 is 1.02 bits per heavy atom. The van der Waals surface area contributed by atoms with E-state index < -0.39 is 30.2 Å². The Bertz CT molecular complexity index is 1360. The van der Waals surface area contributed by atoms with Gasteiger partial charge in [0, 0.05) is 30.9 Å². The van der Waals surface area contributed by atoms with Crippen LogP contribution >= 0.6 is 0 Å². The summed E-state index contributed by atoms with van der Waals surface area (Å²) in [5.74, 6) is -0.684. The van der Waals surface area contributed by atoms with Gasteiger partial charge >= 0.3 is 6.18 Å². The Morgan fingerprint density at radius 3 is 2.38 bits per heavy atom. The highest BCUT2D eigenvalue weighted by Crippen LogP contribution is 2.31. The Kier molecular flexibility index (Phi) is 8.77. The van der Waals surface area contributed by atoms with Crippen LogP contribution in [0.2, 0.25) is 0 Å². The molecule has 1 heterocycles. The highest BCUT2D eigenvalue weighted by atomic mass is 19.4. The van der Waals surface area contributed by atoms with Gasteiger partial charge in [-0.1, -0.05) is 44.2 Å². The summed E-state index contributed by atoms with van der Waals surface area (Å²) in [6.07, 6.45) is -4.41. The van der Waals surface area contributed by atoms with Crippen LogP contribution in [0.4, 0.5) is 24.5 Å². The molecular weight excluding hydrogens is 523 g/mol. The molecule has 210 valence electrons. The number of hydrogen-bond acceptors (Lipinski definition) is 4. The van der Waals surface area contributed by atoms with Crippen molar-refractivity contribution in [3.63, 3.8) is 0 Å². The van der Waals surface area contributed by atoms with Crippen molar-refractivity contribution in [2.24, 2.45) is 5.92 Å². The van der Waals surface area contributed by atoms with Gasteiger partial charge in [0.15, 0.2) is 6.61 Å². The van der Waals surface area contributed by atoms with Crippen LogP contribution in [-0.4, -0.2) is 30.9 Å². The van der Waals surface area contributed by atoms with E-state index in [1.807, 2.05) is 24.3 Å². The van der Waals surface area contributed by atoms with Crippen LogP contribution < -0.4 is 20.3 Å². The van der Waals surface area contributed by atoms with Gasteiger partial charge in [-0.05, 0) is 59.5 Å². The molecule has 1 fully saturated rings. The molecule has 0 saturated carbocycles. The molecule has 0 aliphatic carbocycles. The lowest BCUT2D eigenvalue weighted by Gasteiger charge is -2.17. The average Bonchev–Trinajstić information content (AvgIpc) is 3.32. The molecule has 2 N–H and O–H groups in total.